The molecule has 2 aromatic rings. The van der Waals surface area contributed by atoms with E-state index in [1.807, 2.05) is 6.07 Å². The molecular weight excluding hydrogens is 386 g/mol. The van der Waals surface area contributed by atoms with Crippen LogP contribution in [0.25, 0.3) is 0 Å². The zero-order valence-electron chi connectivity index (χ0n) is 16.2. The fraction of sp³-hybridized carbons (Fsp3) is 0.421. The van der Waals surface area contributed by atoms with E-state index in [-0.39, 0.29) is 6.42 Å². The van der Waals surface area contributed by atoms with Gasteiger partial charge in [0, 0.05) is 18.2 Å². The van der Waals surface area contributed by atoms with Gasteiger partial charge >= 0.3 is 12.1 Å². The Bertz CT molecular complexity index is 844. The maximum Gasteiger partial charge on any atom is 0.408 e. The Kier molecular flexibility index (Phi) is 6.90. The first-order valence-electron chi connectivity index (χ1n) is 8.63. The molecule has 0 aliphatic rings. The van der Waals surface area contributed by atoms with Crippen molar-refractivity contribution in [1.82, 2.24) is 15.1 Å². The van der Waals surface area contributed by atoms with Crippen molar-refractivity contribution in [3.8, 4) is 5.75 Å². The molecule has 0 saturated carbocycles. The first-order chi connectivity index (χ1) is 13.1. The molecule has 1 atom stereocenters. The summed E-state index contributed by atoms with van der Waals surface area (Å²) < 4.78 is 12.2. The van der Waals surface area contributed by atoms with E-state index in [1.165, 1.54) is 6.20 Å². The number of nitrogens with one attached hydrogen (secondary N) is 1. The largest absolute Gasteiger partial charge is 0.496 e. The number of ether oxygens (including phenoxy) is 2. The lowest BCUT2D eigenvalue weighted by atomic mass is 10.0. The van der Waals surface area contributed by atoms with Gasteiger partial charge in [-0.1, -0.05) is 23.7 Å². The number of rotatable bonds is 7. The van der Waals surface area contributed by atoms with E-state index in [0.717, 1.165) is 11.1 Å². The summed E-state index contributed by atoms with van der Waals surface area (Å²) in [6.45, 7) is 5.53. The van der Waals surface area contributed by atoms with Gasteiger partial charge in [-0.3, -0.25) is 4.68 Å². The van der Waals surface area contributed by atoms with Gasteiger partial charge < -0.3 is 19.9 Å². The number of carbonyl (C=O) groups is 2. The van der Waals surface area contributed by atoms with Crippen LogP contribution >= 0.6 is 11.6 Å². The number of hydrogen-bond acceptors (Lipinski definition) is 5. The molecular formula is C19H24ClN3O5. The smallest absolute Gasteiger partial charge is 0.408 e. The maximum atomic E-state index is 11.9. The molecule has 8 nitrogen and oxygen atoms in total. The van der Waals surface area contributed by atoms with Crippen molar-refractivity contribution < 1.29 is 24.2 Å². The fourth-order valence-corrected chi connectivity index (χ4v) is 2.72. The Hall–Kier alpha value is -2.74. The van der Waals surface area contributed by atoms with Crippen molar-refractivity contribution in [2.75, 3.05) is 7.11 Å². The molecule has 0 saturated heterocycles. The van der Waals surface area contributed by atoms with E-state index in [1.54, 1.807) is 50.9 Å². The molecule has 9 heteroatoms. The molecule has 1 unspecified atom stereocenters. The van der Waals surface area contributed by atoms with Crippen LogP contribution in [0, 0.1) is 0 Å². The second-order valence-corrected chi connectivity index (χ2v) is 7.68. The van der Waals surface area contributed by atoms with Gasteiger partial charge in [-0.15, -0.1) is 0 Å². The van der Waals surface area contributed by atoms with Crippen molar-refractivity contribution in [1.29, 1.82) is 0 Å². The van der Waals surface area contributed by atoms with Crippen LogP contribution in [0.15, 0.2) is 30.6 Å². The minimum Gasteiger partial charge on any atom is -0.496 e. The molecule has 28 heavy (non-hydrogen) atoms. The maximum absolute atomic E-state index is 11.9. The zero-order valence-corrected chi connectivity index (χ0v) is 17.0. The van der Waals surface area contributed by atoms with Gasteiger partial charge in [0.05, 0.1) is 24.9 Å². The topological polar surface area (TPSA) is 103 Å². The number of aliphatic carboxylic acids is 1. The van der Waals surface area contributed by atoms with Crippen LogP contribution < -0.4 is 10.1 Å². The van der Waals surface area contributed by atoms with Gasteiger partial charge in [0.25, 0.3) is 0 Å². The van der Waals surface area contributed by atoms with Crippen LogP contribution in [0.1, 0.15) is 31.9 Å². The highest BCUT2D eigenvalue weighted by molar-refractivity contribution is 6.30. The van der Waals surface area contributed by atoms with E-state index in [2.05, 4.69) is 10.4 Å². The minimum absolute atomic E-state index is 0.0887. The summed E-state index contributed by atoms with van der Waals surface area (Å²) in [6, 6.07) is 4.20. The summed E-state index contributed by atoms with van der Waals surface area (Å²) in [7, 11) is 1.55. The third-order valence-corrected chi connectivity index (χ3v) is 3.90. The van der Waals surface area contributed by atoms with Gasteiger partial charge in [0.2, 0.25) is 0 Å². The number of carboxylic acids is 1. The summed E-state index contributed by atoms with van der Waals surface area (Å²) >= 11 is 5.90. The van der Waals surface area contributed by atoms with Crippen LogP contribution in [0.3, 0.4) is 0 Å². The van der Waals surface area contributed by atoms with Gasteiger partial charge in [0.1, 0.15) is 17.4 Å². The lowest BCUT2D eigenvalue weighted by molar-refractivity contribution is -0.139. The molecule has 0 spiro atoms. The Morgan fingerprint density at radius 2 is 2.07 bits per heavy atom. The minimum atomic E-state index is -1.15. The number of nitrogens with zero attached hydrogens (tertiary/aromatic N) is 2. The molecule has 0 aliphatic heterocycles. The van der Waals surface area contributed by atoms with Gasteiger partial charge in [0.15, 0.2) is 0 Å². The molecule has 152 valence electrons. The number of methoxy groups -OCH3 is 1. The number of amides is 1. The van der Waals surface area contributed by atoms with Crippen molar-refractivity contribution in [2.24, 2.45) is 0 Å². The molecule has 1 amide bonds. The molecule has 0 aliphatic carbocycles. The number of benzene rings is 1. The Balaban J connectivity index is 2.17. The molecule has 2 N–H and O–H groups in total. The predicted octanol–water partition coefficient (Wildman–Crippen LogP) is 3.11. The summed E-state index contributed by atoms with van der Waals surface area (Å²) in [6.07, 6.45) is 2.52. The van der Waals surface area contributed by atoms with Crippen LogP contribution in [-0.4, -0.2) is 45.7 Å². The summed E-state index contributed by atoms with van der Waals surface area (Å²) in [4.78, 5) is 23.5. The highest BCUT2D eigenvalue weighted by atomic mass is 35.5. The van der Waals surface area contributed by atoms with Gasteiger partial charge in [-0.05, 0) is 32.4 Å². The molecule has 1 aromatic carbocycles. The first-order valence-corrected chi connectivity index (χ1v) is 9.01. The SMILES string of the molecule is COc1ccc(CC(NC(=O)OC(C)(C)C)C(=O)O)cc1Cn1cc(Cl)cn1. The Morgan fingerprint density at radius 1 is 1.36 bits per heavy atom. The number of alkyl carbamates (subject to hydrolysis) is 1. The quantitative estimate of drug-likeness (QED) is 0.728. The number of carboxylic acid groups (broad SMARTS) is 1. The molecule has 2 rings (SSSR count). The summed E-state index contributed by atoms with van der Waals surface area (Å²) in [5, 5.41) is 16.5. The van der Waals surface area contributed by atoms with Crippen molar-refractivity contribution in [3.05, 3.63) is 46.7 Å². The Morgan fingerprint density at radius 3 is 2.61 bits per heavy atom. The van der Waals surface area contributed by atoms with Crippen molar-refractivity contribution in [2.45, 2.75) is 45.4 Å². The number of halogens is 1. The molecule has 1 aromatic heterocycles. The highest BCUT2D eigenvalue weighted by Gasteiger charge is 2.24. The average molecular weight is 410 g/mol. The van der Waals surface area contributed by atoms with Gasteiger partial charge in [-0.2, -0.15) is 5.10 Å². The molecule has 0 radical (unpaired) electrons. The number of carbonyl (C=O) groups excluding carboxylic acids is 1. The standard InChI is InChI=1S/C19H24ClN3O5/c1-19(2,3)28-18(26)22-15(17(24)25)8-12-5-6-16(27-4)13(7-12)10-23-11-14(20)9-21-23/h5-7,9,11,15H,8,10H2,1-4H3,(H,22,26)(H,24,25). The van der Waals surface area contributed by atoms with Crippen molar-refractivity contribution >= 4 is 23.7 Å². The predicted molar refractivity (Wildman–Crippen MR) is 104 cm³/mol. The fourth-order valence-electron chi connectivity index (χ4n) is 2.57. The third-order valence-electron chi connectivity index (χ3n) is 3.71. The van der Waals surface area contributed by atoms with E-state index >= 15 is 0 Å². The first kappa shape index (κ1) is 21.6. The Labute approximate surface area is 168 Å². The second-order valence-electron chi connectivity index (χ2n) is 7.24. The van der Waals surface area contributed by atoms with E-state index in [4.69, 9.17) is 21.1 Å². The van der Waals surface area contributed by atoms with Crippen LogP contribution in [0.5, 0.6) is 5.75 Å². The molecule has 1 heterocycles. The lowest BCUT2D eigenvalue weighted by Gasteiger charge is -2.22. The van der Waals surface area contributed by atoms with E-state index in [0.29, 0.717) is 17.3 Å². The molecule has 0 fully saturated rings. The third kappa shape index (κ3) is 6.45. The lowest BCUT2D eigenvalue weighted by Crippen LogP contribution is -2.44. The monoisotopic (exact) mass is 409 g/mol. The highest BCUT2D eigenvalue weighted by Crippen LogP contribution is 2.22. The second kappa shape index (κ2) is 8.97. The van der Waals surface area contributed by atoms with Crippen molar-refractivity contribution in [3.63, 3.8) is 0 Å². The van der Waals surface area contributed by atoms with Gasteiger partial charge in [-0.25, -0.2) is 9.59 Å². The van der Waals surface area contributed by atoms with Crippen LogP contribution in [0.4, 0.5) is 4.79 Å². The number of aromatic nitrogens is 2. The van der Waals surface area contributed by atoms with E-state index in [9.17, 15) is 14.7 Å². The number of hydrogen-bond donors (Lipinski definition) is 2. The summed E-state index contributed by atoms with van der Waals surface area (Å²) in [5.41, 5.74) is 0.810. The summed E-state index contributed by atoms with van der Waals surface area (Å²) in [5.74, 6) is -0.510. The normalized spacial score (nSPS) is 12.3. The van der Waals surface area contributed by atoms with E-state index < -0.39 is 23.7 Å². The zero-order chi connectivity index (χ0) is 20.9. The van der Waals surface area contributed by atoms with Crippen LogP contribution in [0.2, 0.25) is 5.02 Å². The molecule has 0 bridgehead atoms. The van der Waals surface area contributed by atoms with Crippen LogP contribution in [-0.2, 0) is 22.5 Å². The average Bonchev–Trinajstić information content (AvgIpc) is 2.97.